The van der Waals surface area contributed by atoms with Crippen LogP contribution >= 0.6 is 0 Å². The smallest absolute Gasteiger partial charge is 0.308 e. The van der Waals surface area contributed by atoms with E-state index in [0.29, 0.717) is 12.8 Å². The molecule has 3 heteroatoms. The van der Waals surface area contributed by atoms with Crippen LogP contribution in [0.1, 0.15) is 38.5 Å². The summed E-state index contributed by atoms with van der Waals surface area (Å²) < 4.78 is 4.57. The van der Waals surface area contributed by atoms with E-state index in [-0.39, 0.29) is 12.4 Å². The van der Waals surface area contributed by atoms with Gasteiger partial charge in [0.1, 0.15) is 0 Å². The molecular weight excluding hydrogens is 180 g/mol. The predicted octanol–water partition coefficient (Wildman–Crippen LogP) is 1.80. The van der Waals surface area contributed by atoms with Crippen molar-refractivity contribution in [2.24, 2.45) is 0 Å². The summed E-state index contributed by atoms with van der Waals surface area (Å²) in [6.45, 7) is 0. The molecule has 0 aromatic heterocycles. The minimum Gasteiger partial charge on any atom is -0.469 e. The Kier molecular flexibility index (Phi) is 4.14. The zero-order valence-electron chi connectivity index (χ0n) is 8.66. The number of esters is 1. The number of rotatable bonds is 2. The molecular formula is C11H18O3. The normalized spacial score (nSPS) is 30.1. The number of methoxy groups -OCH3 is 1. The molecule has 0 spiro atoms. The molecule has 0 aliphatic heterocycles. The Hall–Kier alpha value is -0.830. The van der Waals surface area contributed by atoms with Crippen LogP contribution in [0.25, 0.3) is 0 Å². The highest BCUT2D eigenvalue weighted by molar-refractivity contribution is 5.70. The van der Waals surface area contributed by atoms with Crippen LogP contribution in [0.15, 0.2) is 12.2 Å². The van der Waals surface area contributed by atoms with Crippen LogP contribution in [0.4, 0.5) is 0 Å². The van der Waals surface area contributed by atoms with Crippen LogP contribution < -0.4 is 0 Å². The van der Waals surface area contributed by atoms with Gasteiger partial charge in [-0.15, -0.1) is 0 Å². The quantitative estimate of drug-likeness (QED) is 0.543. The van der Waals surface area contributed by atoms with Crippen LogP contribution in [0.5, 0.6) is 0 Å². The zero-order valence-corrected chi connectivity index (χ0v) is 8.66. The Labute approximate surface area is 84.8 Å². The summed E-state index contributed by atoms with van der Waals surface area (Å²) >= 11 is 0. The Bertz CT molecular complexity index is 223. The molecule has 0 amide bonds. The number of hydrogen-bond acceptors (Lipinski definition) is 3. The maximum Gasteiger partial charge on any atom is 0.308 e. The molecule has 0 aromatic carbocycles. The first-order valence-corrected chi connectivity index (χ1v) is 5.10. The molecule has 1 rings (SSSR count). The largest absolute Gasteiger partial charge is 0.469 e. The van der Waals surface area contributed by atoms with Crippen molar-refractivity contribution < 1.29 is 14.6 Å². The van der Waals surface area contributed by atoms with Gasteiger partial charge in [0.25, 0.3) is 0 Å². The maximum absolute atomic E-state index is 11.1. The molecule has 0 saturated heterocycles. The van der Waals surface area contributed by atoms with E-state index < -0.39 is 5.60 Å². The molecule has 80 valence electrons. The molecule has 1 aliphatic rings. The molecule has 0 bridgehead atoms. The van der Waals surface area contributed by atoms with Crippen LogP contribution in [0.3, 0.4) is 0 Å². The van der Waals surface area contributed by atoms with Crippen LogP contribution in [0, 0.1) is 0 Å². The lowest BCUT2D eigenvalue weighted by Crippen LogP contribution is -2.32. The first kappa shape index (κ1) is 11.2. The van der Waals surface area contributed by atoms with Gasteiger partial charge < -0.3 is 9.84 Å². The predicted molar refractivity (Wildman–Crippen MR) is 53.8 cm³/mol. The Morgan fingerprint density at radius 1 is 1.43 bits per heavy atom. The lowest BCUT2D eigenvalue weighted by molar-refractivity contribution is -0.146. The third kappa shape index (κ3) is 3.50. The molecule has 14 heavy (non-hydrogen) atoms. The monoisotopic (exact) mass is 198 g/mol. The molecule has 0 radical (unpaired) electrons. The summed E-state index contributed by atoms with van der Waals surface area (Å²) in [6, 6.07) is 0. The Morgan fingerprint density at radius 3 is 2.86 bits per heavy atom. The van der Waals surface area contributed by atoms with Gasteiger partial charge in [0.05, 0.1) is 19.1 Å². The lowest BCUT2D eigenvalue weighted by atomic mass is 9.86. The number of carbonyl (C=O) groups excluding carboxylic acids is 1. The number of allylic oxidation sites excluding steroid dienone is 2. The van der Waals surface area contributed by atoms with E-state index in [4.69, 9.17) is 0 Å². The minimum absolute atomic E-state index is 0.122. The van der Waals surface area contributed by atoms with Gasteiger partial charge in [-0.05, 0) is 32.1 Å². The molecule has 1 atom stereocenters. The highest BCUT2D eigenvalue weighted by Crippen LogP contribution is 2.26. The van der Waals surface area contributed by atoms with Gasteiger partial charge in [-0.25, -0.2) is 0 Å². The second-order valence-electron chi connectivity index (χ2n) is 3.88. The molecule has 1 N–H and O–H groups in total. The Balaban J connectivity index is 2.52. The average Bonchev–Trinajstić information content (AvgIpc) is 2.12. The van der Waals surface area contributed by atoms with Crippen LogP contribution in [-0.4, -0.2) is 23.8 Å². The average molecular weight is 198 g/mol. The topological polar surface area (TPSA) is 46.5 Å². The molecule has 0 aromatic rings. The van der Waals surface area contributed by atoms with Crippen LogP contribution in [-0.2, 0) is 9.53 Å². The Morgan fingerprint density at radius 2 is 2.14 bits per heavy atom. The van der Waals surface area contributed by atoms with Crippen molar-refractivity contribution in [3.8, 4) is 0 Å². The third-order valence-electron chi connectivity index (χ3n) is 2.66. The highest BCUT2D eigenvalue weighted by atomic mass is 16.5. The van der Waals surface area contributed by atoms with Gasteiger partial charge in [0.15, 0.2) is 0 Å². The maximum atomic E-state index is 11.1. The van der Waals surface area contributed by atoms with Gasteiger partial charge >= 0.3 is 5.97 Å². The summed E-state index contributed by atoms with van der Waals surface area (Å²) in [5.74, 6) is -0.322. The standard InChI is InChI=1S/C11H18O3/c1-14-10(12)9-11(13)7-5-3-2-4-6-8-11/h2-3,13H,4-9H2,1H3/b3-2-/t11-/m0/s1. The number of carbonyl (C=O) groups is 1. The molecule has 3 nitrogen and oxygen atoms in total. The zero-order chi connectivity index (χ0) is 10.4. The summed E-state index contributed by atoms with van der Waals surface area (Å²) in [4.78, 5) is 11.1. The fraction of sp³-hybridized carbons (Fsp3) is 0.727. The van der Waals surface area contributed by atoms with Crippen molar-refractivity contribution in [2.45, 2.75) is 44.1 Å². The van der Waals surface area contributed by atoms with Gasteiger partial charge in [-0.1, -0.05) is 12.2 Å². The van der Waals surface area contributed by atoms with Crippen molar-refractivity contribution in [1.82, 2.24) is 0 Å². The SMILES string of the molecule is COC(=O)C[C@]1(O)CC/C=C\CCC1. The first-order chi connectivity index (χ1) is 6.66. The number of aliphatic hydroxyl groups is 1. The number of ether oxygens (including phenoxy) is 1. The van der Waals surface area contributed by atoms with E-state index in [2.05, 4.69) is 16.9 Å². The van der Waals surface area contributed by atoms with E-state index in [1.54, 1.807) is 0 Å². The van der Waals surface area contributed by atoms with Crippen molar-refractivity contribution >= 4 is 5.97 Å². The van der Waals surface area contributed by atoms with Gasteiger partial charge in [0.2, 0.25) is 0 Å². The first-order valence-electron chi connectivity index (χ1n) is 5.10. The fourth-order valence-electron chi connectivity index (χ4n) is 1.78. The van der Waals surface area contributed by atoms with E-state index in [1.165, 1.54) is 7.11 Å². The van der Waals surface area contributed by atoms with E-state index >= 15 is 0 Å². The van der Waals surface area contributed by atoms with Gasteiger partial charge in [-0.2, -0.15) is 0 Å². The second kappa shape index (κ2) is 5.15. The minimum atomic E-state index is -0.849. The molecule has 1 aliphatic carbocycles. The molecule has 0 fully saturated rings. The van der Waals surface area contributed by atoms with Crippen molar-refractivity contribution in [2.75, 3.05) is 7.11 Å². The molecule has 0 unspecified atom stereocenters. The lowest BCUT2D eigenvalue weighted by Gasteiger charge is -2.27. The summed E-state index contributed by atoms with van der Waals surface area (Å²) in [7, 11) is 1.36. The van der Waals surface area contributed by atoms with Gasteiger partial charge in [0, 0.05) is 0 Å². The van der Waals surface area contributed by atoms with Crippen molar-refractivity contribution in [1.29, 1.82) is 0 Å². The third-order valence-corrected chi connectivity index (χ3v) is 2.66. The van der Waals surface area contributed by atoms with Crippen molar-refractivity contribution in [3.63, 3.8) is 0 Å². The molecule has 0 heterocycles. The van der Waals surface area contributed by atoms with E-state index in [1.807, 2.05) is 0 Å². The highest BCUT2D eigenvalue weighted by Gasteiger charge is 2.29. The summed E-state index contributed by atoms with van der Waals surface area (Å²) in [6.07, 6.45) is 8.43. The van der Waals surface area contributed by atoms with E-state index in [9.17, 15) is 9.90 Å². The van der Waals surface area contributed by atoms with Crippen molar-refractivity contribution in [3.05, 3.63) is 12.2 Å². The summed E-state index contributed by atoms with van der Waals surface area (Å²) in [5, 5.41) is 10.1. The molecule has 0 saturated carbocycles. The number of hydrogen-bond donors (Lipinski definition) is 1. The van der Waals surface area contributed by atoms with Gasteiger partial charge in [-0.3, -0.25) is 4.79 Å². The second-order valence-corrected chi connectivity index (χ2v) is 3.88. The summed E-state index contributed by atoms with van der Waals surface area (Å²) in [5.41, 5.74) is -0.849. The van der Waals surface area contributed by atoms with Crippen LogP contribution in [0.2, 0.25) is 0 Å². The van der Waals surface area contributed by atoms with E-state index in [0.717, 1.165) is 19.3 Å². The fourth-order valence-corrected chi connectivity index (χ4v) is 1.78.